The number of urea groups is 1. The molecule has 7 nitrogen and oxygen atoms in total. The molecule has 0 saturated carbocycles. The molecule has 2 rings (SSSR count). The van der Waals surface area contributed by atoms with E-state index in [1.807, 2.05) is 0 Å². The third-order valence-corrected chi connectivity index (χ3v) is 3.54. The van der Waals surface area contributed by atoms with Crippen molar-refractivity contribution in [1.82, 2.24) is 5.32 Å². The van der Waals surface area contributed by atoms with Gasteiger partial charge in [-0.2, -0.15) is 8.78 Å². The van der Waals surface area contributed by atoms with E-state index >= 15 is 0 Å². The van der Waals surface area contributed by atoms with E-state index in [4.69, 9.17) is 10.5 Å². The lowest BCUT2D eigenvalue weighted by Gasteiger charge is -2.12. The summed E-state index contributed by atoms with van der Waals surface area (Å²) in [6, 6.07) is 10.2. The SMILES string of the molecule is COc1cc(CCNC(=O)c2cccc(NC(N)=O)c2)ccc1OC(F)F. The van der Waals surface area contributed by atoms with Crippen LogP contribution in [0.2, 0.25) is 0 Å². The second-order valence-electron chi connectivity index (χ2n) is 5.44. The van der Waals surface area contributed by atoms with E-state index in [1.165, 1.54) is 19.2 Å². The fraction of sp³-hybridized carbons (Fsp3) is 0.222. The molecular formula is C18H19F2N3O4. The van der Waals surface area contributed by atoms with E-state index < -0.39 is 12.6 Å². The molecule has 0 aliphatic carbocycles. The number of nitrogens with one attached hydrogen (secondary N) is 2. The summed E-state index contributed by atoms with van der Waals surface area (Å²) in [5, 5.41) is 5.13. The number of nitrogens with two attached hydrogens (primary N) is 1. The van der Waals surface area contributed by atoms with Crippen LogP contribution in [0.4, 0.5) is 19.3 Å². The van der Waals surface area contributed by atoms with Gasteiger partial charge in [-0.3, -0.25) is 4.79 Å². The Bertz CT molecular complexity index is 815. The topological polar surface area (TPSA) is 103 Å². The van der Waals surface area contributed by atoms with Crippen molar-refractivity contribution in [1.29, 1.82) is 0 Å². The molecular weight excluding hydrogens is 360 g/mol. The first-order valence-corrected chi connectivity index (χ1v) is 7.95. The Morgan fingerprint density at radius 1 is 1.15 bits per heavy atom. The number of carbonyl (C=O) groups is 2. The lowest BCUT2D eigenvalue weighted by atomic mass is 10.1. The van der Waals surface area contributed by atoms with Crippen molar-refractivity contribution in [2.75, 3.05) is 19.0 Å². The molecule has 144 valence electrons. The standard InChI is InChI=1S/C18H19F2N3O4/c1-26-15-9-11(5-6-14(15)27-17(19)20)7-8-22-16(24)12-3-2-4-13(10-12)23-18(21)25/h2-6,9-10,17H,7-8H2,1H3,(H,22,24)(H3,21,23,25). The summed E-state index contributed by atoms with van der Waals surface area (Å²) in [5.41, 5.74) is 6.59. The molecule has 0 saturated heterocycles. The summed E-state index contributed by atoms with van der Waals surface area (Å²) in [6.45, 7) is -2.63. The molecule has 9 heteroatoms. The van der Waals surface area contributed by atoms with E-state index in [-0.39, 0.29) is 17.4 Å². The van der Waals surface area contributed by atoms with Gasteiger partial charge in [-0.1, -0.05) is 12.1 Å². The van der Waals surface area contributed by atoms with Gasteiger partial charge in [0.1, 0.15) is 0 Å². The summed E-state index contributed by atoms with van der Waals surface area (Å²) < 4.78 is 34.1. The van der Waals surface area contributed by atoms with E-state index in [0.717, 1.165) is 5.56 Å². The largest absolute Gasteiger partial charge is 0.493 e. The van der Waals surface area contributed by atoms with Crippen molar-refractivity contribution in [2.24, 2.45) is 5.73 Å². The van der Waals surface area contributed by atoms with Crippen LogP contribution in [0.1, 0.15) is 15.9 Å². The van der Waals surface area contributed by atoms with Gasteiger partial charge in [0.25, 0.3) is 5.91 Å². The summed E-state index contributed by atoms with van der Waals surface area (Å²) in [4.78, 5) is 23.1. The number of benzene rings is 2. The third kappa shape index (κ3) is 6.14. The maximum atomic E-state index is 12.3. The smallest absolute Gasteiger partial charge is 0.387 e. The van der Waals surface area contributed by atoms with Gasteiger partial charge < -0.3 is 25.8 Å². The molecule has 0 atom stereocenters. The molecule has 4 N–H and O–H groups in total. The van der Waals surface area contributed by atoms with Crippen LogP contribution in [0, 0.1) is 0 Å². The highest BCUT2D eigenvalue weighted by atomic mass is 19.3. The van der Waals surface area contributed by atoms with Crippen LogP contribution in [-0.4, -0.2) is 32.2 Å². The summed E-state index contributed by atoms with van der Waals surface area (Å²) in [7, 11) is 1.35. The Labute approximate surface area is 154 Å². The van der Waals surface area contributed by atoms with Gasteiger partial charge in [-0.15, -0.1) is 0 Å². The molecule has 0 aliphatic heterocycles. The molecule has 2 aromatic rings. The first kappa shape index (κ1) is 20.0. The van der Waals surface area contributed by atoms with Gasteiger partial charge in [0.15, 0.2) is 11.5 Å². The highest BCUT2D eigenvalue weighted by molar-refractivity contribution is 5.96. The number of primary amides is 1. The van der Waals surface area contributed by atoms with Gasteiger partial charge >= 0.3 is 12.6 Å². The molecule has 0 aliphatic rings. The second kappa shape index (κ2) is 9.37. The number of alkyl halides is 2. The van der Waals surface area contributed by atoms with Crippen molar-refractivity contribution in [3.63, 3.8) is 0 Å². The molecule has 0 fully saturated rings. The molecule has 27 heavy (non-hydrogen) atoms. The van der Waals surface area contributed by atoms with Crippen molar-refractivity contribution in [2.45, 2.75) is 13.0 Å². The average molecular weight is 379 g/mol. The number of amides is 3. The molecule has 0 bridgehead atoms. The minimum Gasteiger partial charge on any atom is -0.493 e. The monoisotopic (exact) mass is 379 g/mol. The average Bonchev–Trinajstić information content (AvgIpc) is 2.62. The van der Waals surface area contributed by atoms with E-state index in [9.17, 15) is 18.4 Å². The maximum absolute atomic E-state index is 12.3. The molecule has 0 aromatic heterocycles. The highest BCUT2D eigenvalue weighted by Crippen LogP contribution is 2.29. The zero-order chi connectivity index (χ0) is 19.8. The predicted molar refractivity (Wildman–Crippen MR) is 95.3 cm³/mol. The quantitative estimate of drug-likeness (QED) is 0.656. The lowest BCUT2D eigenvalue weighted by Crippen LogP contribution is -2.26. The van der Waals surface area contributed by atoms with E-state index in [0.29, 0.717) is 24.2 Å². The van der Waals surface area contributed by atoms with Gasteiger partial charge in [-0.05, 0) is 42.3 Å². The highest BCUT2D eigenvalue weighted by Gasteiger charge is 2.11. The number of anilines is 1. The number of methoxy groups -OCH3 is 1. The Balaban J connectivity index is 1.94. The summed E-state index contributed by atoms with van der Waals surface area (Å²) >= 11 is 0. The number of carbonyl (C=O) groups excluding carboxylic acids is 2. The van der Waals surface area contributed by atoms with Crippen LogP contribution < -0.4 is 25.8 Å². The Kier molecular flexibility index (Phi) is 6.93. The summed E-state index contributed by atoms with van der Waals surface area (Å²) in [5.74, 6) is -0.198. The molecule has 0 spiro atoms. The van der Waals surface area contributed by atoms with Gasteiger partial charge in [0.05, 0.1) is 7.11 Å². The number of rotatable bonds is 8. The molecule has 0 radical (unpaired) electrons. The minimum absolute atomic E-state index is 0.0564. The maximum Gasteiger partial charge on any atom is 0.387 e. The minimum atomic E-state index is -2.94. The Hall–Kier alpha value is -3.36. The number of ether oxygens (including phenoxy) is 2. The summed E-state index contributed by atoms with van der Waals surface area (Å²) in [6.07, 6.45) is 0.455. The molecule has 0 heterocycles. The lowest BCUT2D eigenvalue weighted by molar-refractivity contribution is -0.0512. The Morgan fingerprint density at radius 2 is 1.93 bits per heavy atom. The fourth-order valence-electron chi connectivity index (χ4n) is 2.36. The van der Waals surface area contributed by atoms with E-state index in [1.54, 1.807) is 30.3 Å². The first-order valence-electron chi connectivity index (χ1n) is 7.95. The molecule has 2 aromatic carbocycles. The van der Waals surface area contributed by atoms with Gasteiger partial charge in [0.2, 0.25) is 0 Å². The predicted octanol–water partition coefficient (Wildman–Crippen LogP) is 2.76. The number of hydrogen-bond donors (Lipinski definition) is 3. The zero-order valence-corrected chi connectivity index (χ0v) is 14.5. The van der Waals surface area contributed by atoms with Crippen LogP contribution in [-0.2, 0) is 6.42 Å². The van der Waals surface area contributed by atoms with Crippen molar-refractivity contribution < 1.29 is 27.8 Å². The van der Waals surface area contributed by atoms with E-state index in [2.05, 4.69) is 15.4 Å². The zero-order valence-electron chi connectivity index (χ0n) is 14.5. The van der Waals surface area contributed by atoms with Gasteiger partial charge in [-0.25, -0.2) is 4.79 Å². The van der Waals surface area contributed by atoms with Crippen LogP contribution in [0.15, 0.2) is 42.5 Å². The first-order chi connectivity index (χ1) is 12.9. The van der Waals surface area contributed by atoms with Crippen LogP contribution >= 0.6 is 0 Å². The number of hydrogen-bond acceptors (Lipinski definition) is 4. The van der Waals surface area contributed by atoms with Gasteiger partial charge in [0, 0.05) is 17.8 Å². The normalized spacial score (nSPS) is 10.4. The molecule has 3 amide bonds. The Morgan fingerprint density at radius 3 is 2.59 bits per heavy atom. The van der Waals surface area contributed by atoms with Crippen molar-refractivity contribution in [3.05, 3.63) is 53.6 Å². The van der Waals surface area contributed by atoms with Crippen molar-refractivity contribution >= 4 is 17.6 Å². The van der Waals surface area contributed by atoms with Crippen LogP contribution in [0.25, 0.3) is 0 Å². The number of halogens is 2. The second-order valence-corrected chi connectivity index (χ2v) is 5.44. The fourth-order valence-corrected chi connectivity index (χ4v) is 2.36. The van der Waals surface area contributed by atoms with Crippen LogP contribution in [0.5, 0.6) is 11.5 Å². The van der Waals surface area contributed by atoms with Crippen LogP contribution in [0.3, 0.4) is 0 Å². The van der Waals surface area contributed by atoms with Crippen molar-refractivity contribution in [3.8, 4) is 11.5 Å². The third-order valence-electron chi connectivity index (χ3n) is 3.54. The molecule has 0 unspecified atom stereocenters.